The molecule has 0 aliphatic heterocycles. The molecule has 1 heterocycles. The molecule has 0 bridgehead atoms. The van der Waals surface area contributed by atoms with E-state index >= 15 is 0 Å². The Morgan fingerprint density at radius 2 is 1.79 bits per heavy atom. The molecule has 2 aromatic rings. The van der Waals surface area contributed by atoms with Gasteiger partial charge in [-0.05, 0) is 57.3 Å². The largest absolute Gasteiger partial charge is 0.372 e. The third-order valence-electron chi connectivity index (χ3n) is 3.33. The van der Waals surface area contributed by atoms with Crippen molar-refractivity contribution in [3.63, 3.8) is 0 Å². The quantitative estimate of drug-likeness (QED) is 0.850. The molecule has 2 rings (SSSR count). The number of H-pyrrole nitrogens is 1. The first-order chi connectivity index (χ1) is 9.21. The van der Waals surface area contributed by atoms with Crippen molar-refractivity contribution in [1.29, 1.82) is 0 Å². The van der Waals surface area contributed by atoms with Gasteiger partial charge in [0.25, 0.3) is 0 Å². The first-order valence-electron chi connectivity index (χ1n) is 6.71. The van der Waals surface area contributed by atoms with Crippen molar-refractivity contribution in [2.75, 3.05) is 18.0 Å². The summed E-state index contributed by atoms with van der Waals surface area (Å²) in [5.41, 5.74) is 2.33. The molecule has 0 atom stereocenters. The van der Waals surface area contributed by atoms with Crippen molar-refractivity contribution in [2.45, 2.75) is 27.3 Å². The van der Waals surface area contributed by atoms with Crippen LogP contribution in [-0.4, -0.2) is 27.9 Å². The lowest BCUT2D eigenvalue weighted by Gasteiger charge is -2.21. The van der Waals surface area contributed by atoms with Gasteiger partial charge in [-0.25, -0.2) is 0 Å². The van der Waals surface area contributed by atoms with E-state index in [0.29, 0.717) is 4.77 Å². The molecular formula is C14H20N4S. The van der Waals surface area contributed by atoms with Crippen LogP contribution < -0.4 is 4.90 Å². The summed E-state index contributed by atoms with van der Waals surface area (Å²) in [4.78, 5) is 2.32. The van der Waals surface area contributed by atoms with E-state index in [0.717, 1.165) is 31.0 Å². The zero-order valence-corrected chi connectivity index (χ0v) is 12.5. The molecule has 0 unspecified atom stereocenters. The normalized spacial score (nSPS) is 10.7. The summed E-state index contributed by atoms with van der Waals surface area (Å²) in [5.74, 6) is 0.901. The Bertz CT molecular complexity index is 578. The molecule has 1 N–H and O–H groups in total. The Kier molecular flexibility index (Phi) is 4.37. The Hall–Kier alpha value is -1.62. The van der Waals surface area contributed by atoms with Gasteiger partial charge >= 0.3 is 0 Å². The minimum absolute atomic E-state index is 0.672. The van der Waals surface area contributed by atoms with E-state index in [1.165, 1.54) is 5.69 Å². The molecule has 1 aromatic carbocycles. The standard InChI is InChI=1S/C14H20N4S/c1-4-17(5-2)12-9-7-11(8-10-12)13-15-16-14(19)18(13)6-3/h7-10H,4-6H2,1-3H3,(H,16,19). The van der Waals surface area contributed by atoms with Crippen LogP contribution in [0.25, 0.3) is 11.4 Å². The highest BCUT2D eigenvalue weighted by molar-refractivity contribution is 7.71. The third kappa shape index (κ3) is 2.71. The van der Waals surface area contributed by atoms with Gasteiger partial charge in [0.1, 0.15) is 0 Å². The van der Waals surface area contributed by atoms with Crippen molar-refractivity contribution < 1.29 is 0 Å². The van der Waals surface area contributed by atoms with Gasteiger partial charge in [-0.1, -0.05) is 0 Å². The van der Waals surface area contributed by atoms with E-state index in [2.05, 4.69) is 60.1 Å². The monoisotopic (exact) mass is 276 g/mol. The predicted octanol–water partition coefficient (Wildman–Crippen LogP) is 3.47. The van der Waals surface area contributed by atoms with Gasteiger partial charge in [-0.3, -0.25) is 5.10 Å². The number of anilines is 1. The number of hydrogen-bond acceptors (Lipinski definition) is 3. The molecule has 0 saturated carbocycles. The van der Waals surface area contributed by atoms with Gasteiger partial charge in [-0.15, -0.1) is 0 Å². The van der Waals surface area contributed by atoms with E-state index in [9.17, 15) is 0 Å². The molecule has 19 heavy (non-hydrogen) atoms. The Morgan fingerprint density at radius 1 is 1.16 bits per heavy atom. The minimum atomic E-state index is 0.672. The Balaban J connectivity index is 2.34. The molecular weight excluding hydrogens is 256 g/mol. The van der Waals surface area contributed by atoms with Crippen molar-refractivity contribution in [3.05, 3.63) is 29.0 Å². The topological polar surface area (TPSA) is 36.9 Å². The highest BCUT2D eigenvalue weighted by atomic mass is 32.1. The zero-order valence-electron chi connectivity index (χ0n) is 11.7. The van der Waals surface area contributed by atoms with Crippen LogP contribution in [-0.2, 0) is 6.54 Å². The molecule has 0 spiro atoms. The van der Waals surface area contributed by atoms with Crippen molar-refractivity contribution in [2.24, 2.45) is 0 Å². The summed E-state index contributed by atoms with van der Waals surface area (Å²) >= 11 is 5.21. The molecule has 0 radical (unpaired) electrons. The maximum Gasteiger partial charge on any atom is 0.195 e. The number of rotatable bonds is 5. The van der Waals surface area contributed by atoms with Gasteiger partial charge in [0.15, 0.2) is 10.6 Å². The number of nitrogens with zero attached hydrogens (tertiary/aromatic N) is 3. The maximum absolute atomic E-state index is 5.21. The second-order valence-electron chi connectivity index (χ2n) is 4.32. The van der Waals surface area contributed by atoms with Crippen LogP contribution in [0.4, 0.5) is 5.69 Å². The van der Waals surface area contributed by atoms with Crippen LogP contribution in [0.2, 0.25) is 0 Å². The number of hydrogen-bond donors (Lipinski definition) is 1. The number of nitrogens with one attached hydrogen (secondary N) is 1. The van der Waals surface area contributed by atoms with E-state index in [4.69, 9.17) is 12.2 Å². The van der Waals surface area contributed by atoms with Crippen LogP contribution in [0.5, 0.6) is 0 Å². The van der Waals surface area contributed by atoms with Crippen LogP contribution in [0.3, 0.4) is 0 Å². The summed E-state index contributed by atoms with van der Waals surface area (Å²) in [5, 5.41) is 7.16. The highest BCUT2D eigenvalue weighted by Gasteiger charge is 2.08. The maximum atomic E-state index is 5.21. The Labute approximate surface area is 119 Å². The van der Waals surface area contributed by atoms with Crippen LogP contribution in [0.15, 0.2) is 24.3 Å². The molecule has 1 aromatic heterocycles. The second-order valence-corrected chi connectivity index (χ2v) is 4.70. The number of aromatic nitrogens is 3. The lowest BCUT2D eigenvalue weighted by atomic mass is 10.2. The summed E-state index contributed by atoms with van der Waals surface area (Å²) in [6.45, 7) is 9.26. The van der Waals surface area contributed by atoms with Gasteiger partial charge in [0, 0.05) is 30.9 Å². The molecule has 4 nitrogen and oxygen atoms in total. The van der Waals surface area contributed by atoms with Gasteiger partial charge in [0.05, 0.1) is 0 Å². The van der Waals surface area contributed by atoms with E-state index < -0.39 is 0 Å². The predicted molar refractivity (Wildman–Crippen MR) is 82.1 cm³/mol. The lowest BCUT2D eigenvalue weighted by molar-refractivity contribution is 0.755. The molecule has 0 saturated heterocycles. The molecule has 102 valence electrons. The van der Waals surface area contributed by atoms with Crippen LogP contribution in [0, 0.1) is 4.77 Å². The van der Waals surface area contributed by atoms with E-state index in [1.54, 1.807) is 0 Å². The van der Waals surface area contributed by atoms with Gasteiger partial charge in [0.2, 0.25) is 0 Å². The fourth-order valence-electron chi connectivity index (χ4n) is 2.24. The molecule has 0 aliphatic carbocycles. The van der Waals surface area contributed by atoms with E-state index in [-0.39, 0.29) is 0 Å². The summed E-state index contributed by atoms with van der Waals surface area (Å²) in [6, 6.07) is 8.48. The summed E-state index contributed by atoms with van der Waals surface area (Å²) in [7, 11) is 0. The molecule has 0 fully saturated rings. The van der Waals surface area contributed by atoms with Gasteiger partial charge in [-0.2, -0.15) is 5.10 Å². The first kappa shape index (κ1) is 13.8. The Morgan fingerprint density at radius 3 is 2.32 bits per heavy atom. The van der Waals surface area contributed by atoms with Gasteiger partial charge < -0.3 is 9.47 Å². The van der Waals surface area contributed by atoms with Crippen molar-refractivity contribution in [3.8, 4) is 11.4 Å². The molecule has 0 aliphatic rings. The second kappa shape index (κ2) is 6.02. The zero-order chi connectivity index (χ0) is 13.8. The smallest absolute Gasteiger partial charge is 0.195 e. The fraction of sp³-hybridized carbons (Fsp3) is 0.429. The minimum Gasteiger partial charge on any atom is -0.372 e. The number of benzene rings is 1. The highest BCUT2D eigenvalue weighted by Crippen LogP contribution is 2.21. The fourth-order valence-corrected chi connectivity index (χ4v) is 2.50. The summed E-state index contributed by atoms with van der Waals surface area (Å²) in [6.07, 6.45) is 0. The summed E-state index contributed by atoms with van der Waals surface area (Å²) < 4.78 is 2.67. The number of aromatic amines is 1. The van der Waals surface area contributed by atoms with Crippen molar-refractivity contribution >= 4 is 17.9 Å². The SMILES string of the molecule is CCN(CC)c1ccc(-c2n[nH]c(=S)n2CC)cc1. The van der Waals surface area contributed by atoms with Crippen molar-refractivity contribution in [1.82, 2.24) is 14.8 Å². The third-order valence-corrected chi connectivity index (χ3v) is 3.64. The first-order valence-corrected chi connectivity index (χ1v) is 7.12. The average Bonchev–Trinajstić information content (AvgIpc) is 2.82. The lowest BCUT2D eigenvalue weighted by Crippen LogP contribution is -2.21. The molecule has 5 heteroatoms. The molecule has 0 amide bonds. The van der Waals surface area contributed by atoms with E-state index in [1.807, 2.05) is 4.57 Å². The van der Waals surface area contributed by atoms with Crippen LogP contribution in [0.1, 0.15) is 20.8 Å². The average molecular weight is 276 g/mol. The van der Waals surface area contributed by atoms with Crippen LogP contribution >= 0.6 is 12.2 Å².